The summed E-state index contributed by atoms with van der Waals surface area (Å²) in [5, 5.41) is 9.23. The van der Waals surface area contributed by atoms with Crippen molar-refractivity contribution in [1.82, 2.24) is 20.9 Å². The fourth-order valence-electron chi connectivity index (χ4n) is 2.65. The van der Waals surface area contributed by atoms with Gasteiger partial charge in [-0.3, -0.25) is 4.79 Å². The first-order chi connectivity index (χ1) is 14.2. The second kappa shape index (κ2) is 14.6. The first kappa shape index (κ1) is 25.7. The molecule has 2 aromatic rings. The van der Waals surface area contributed by atoms with E-state index in [1.165, 1.54) is 0 Å². The summed E-state index contributed by atoms with van der Waals surface area (Å²) in [6, 6.07) is 11.5. The van der Waals surface area contributed by atoms with E-state index in [1.54, 1.807) is 13.2 Å². The molecule has 1 aromatic carbocycles. The summed E-state index contributed by atoms with van der Waals surface area (Å²) in [6.45, 7) is 6.79. The van der Waals surface area contributed by atoms with Crippen molar-refractivity contribution in [2.45, 2.75) is 33.2 Å². The lowest BCUT2D eigenvalue weighted by atomic mass is 10.1. The van der Waals surface area contributed by atoms with Gasteiger partial charge in [-0.25, -0.2) is 9.98 Å². The number of hydrogen-bond donors (Lipinski definition) is 3. The van der Waals surface area contributed by atoms with E-state index in [0.717, 1.165) is 36.5 Å². The van der Waals surface area contributed by atoms with Gasteiger partial charge in [0.15, 0.2) is 5.96 Å². The minimum Gasteiger partial charge on any atom is -0.478 e. The highest BCUT2D eigenvalue weighted by molar-refractivity contribution is 14.0. The van der Waals surface area contributed by atoms with Gasteiger partial charge in [0.1, 0.15) is 0 Å². The van der Waals surface area contributed by atoms with Gasteiger partial charge in [0.05, 0.1) is 13.2 Å². The molecule has 0 radical (unpaired) electrons. The van der Waals surface area contributed by atoms with Gasteiger partial charge in [0.25, 0.3) is 5.91 Å². The van der Waals surface area contributed by atoms with E-state index in [9.17, 15) is 4.79 Å². The van der Waals surface area contributed by atoms with Gasteiger partial charge in [-0.2, -0.15) is 0 Å². The normalized spacial score (nSPS) is 10.7. The second-order valence-corrected chi connectivity index (χ2v) is 6.50. The molecule has 0 atom stereocenters. The molecule has 0 saturated heterocycles. The van der Waals surface area contributed by atoms with Crippen molar-refractivity contribution >= 4 is 35.8 Å². The van der Waals surface area contributed by atoms with Crippen LogP contribution in [0, 0.1) is 0 Å². The molecule has 0 saturated carbocycles. The predicted octanol–water partition coefficient (Wildman–Crippen LogP) is 3.15. The molecule has 0 aliphatic carbocycles. The molecule has 0 unspecified atom stereocenters. The molecule has 8 heteroatoms. The van der Waals surface area contributed by atoms with E-state index in [0.29, 0.717) is 31.1 Å². The first-order valence-corrected chi connectivity index (χ1v) is 10.1. The maximum absolute atomic E-state index is 11.8. The van der Waals surface area contributed by atoms with Crippen molar-refractivity contribution in [2.75, 3.05) is 26.7 Å². The summed E-state index contributed by atoms with van der Waals surface area (Å²) in [6.07, 6.45) is 3.55. The summed E-state index contributed by atoms with van der Waals surface area (Å²) in [5.74, 6) is 1.32. The van der Waals surface area contributed by atoms with Gasteiger partial charge in [-0.15, -0.1) is 24.0 Å². The maximum Gasteiger partial charge on any atom is 0.251 e. The largest absolute Gasteiger partial charge is 0.478 e. The number of halogens is 1. The van der Waals surface area contributed by atoms with Crippen LogP contribution in [0.5, 0.6) is 5.88 Å². The number of benzene rings is 1. The lowest BCUT2D eigenvalue weighted by molar-refractivity contribution is 0.0963. The average molecular weight is 525 g/mol. The Labute approximate surface area is 196 Å². The van der Waals surface area contributed by atoms with Crippen molar-refractivity contribution in [1.29, 1.82) is 0 Å². The summed E-state index contributed by atoms with van der Waals surface area (Å²) in [5.41, 5.74) is 2.79. The van der Waals surface area contributed by atoms with Gasteiger partial charge < -0.3 is 20.7 Å². The van der Waals surface area contributed by atoms with Crippen molar-refractivity contribution < 1.29 is 9.53 Å². The molecule has 0 bridgehead atoms. The number of nitrogens with one attached hydrogen (secondary N) is 3. The molecule has 2 rings (SSSR count). The number of aliphatic imine (C=N–C) groups is 1. The summed E-state index contributed by atoms with van der Waals surface area (Å²) in [4.78, 5) is 20.7. The van der Waals surface area contributed by atoms with Crippen LogP contribution in [0.2, 0.25) is 0 Å². The Morgan fingerprint density at radius 2 is 1.97 bits per heavy atom. The lowest BCUT2D eigenvalue weighted by Gasteiger charge is -2.12. The van der Waals surface area contributed by atoms with Crippen molar-refractivity contribution in [3.63, 3.8) is 0 Å². The van der Waals surface area contributed by atoms with Gasteiger partial charge in [0, 0.05) is 38.0 Å². The monoisotopic (exact) mass is 525 g/mol. The minimum absolute atomic E-state index is 0. The third-order valence-electron chi connectivity index (χ3n) is 4.14. The molecule has 30 heavy (non-hydrogen) atoms. The highest BCUT2D eigenvalue weighted by Gasteiger charge is 2.04. The van der Waals surface area contributed by atoms with Gasteiger partial charge in [-0.05, 0) is 43.0 Å². The molecule has 1 amide bonds. The number of guanidine groups is 1. The number of carbonyl (C=O) groups is 1. The maximum atomic E-state index is 11.8. The highest BCUT2D eigenvalue weighted by atomic mass is 127. The van der Waals surface area contributed by atoms with Crippen molar-refractivity contribution in [3.05, 3.63) is 59.3 Å². The molecule has 0 aliphatic heterocycles. The smallest absolute Gasteiger partial charge is 0.251 e. The Kier molecular flexibility index (Phi) is 12.5. The SMILES string of the molecule is CCCOc1ccc(CN=C(NCC)NCCc2cccc(C(=O)NC)c2)cn1.I. The van der Waals surface area contributed by atoms with Crippen LogP contribution in [0.25, 0.3) is 0 Å². The molecule has 1 heterocycles. The Morgan fingerprint density at radius 1 is 1.13 bits per heavy atom. The van der Waals surface area contributed by atoms with Crippen LogP contribution in [0.1, 0.15) is 41.8 Å². The lowest BCUT2D eigenvalue weighted by Crippen LogP contribution is -2.38. The molecular formula is C22H32IN5O2. The van der Waals surface area contributed by atoms with Crippen LogP contribution in [-0.2, 0) is 13.0 Å². The number of pyridine rings is 1. The predicted molar refractivity (Wildman–Crippen MR) is 132 cm³/mol. The fraction of sp³-hybridized carbons (Fsp3) is 0.409. The minimum atomic E-state index is -0.0746. The molecule has 164 valence electrons. The Hall–Kier alpha value is -2.36. The van der Waals surface area contributed by atoms with Gasteiger partial charge in [0.2, 0.25) is 5.88 Å². The zero-order valence-electron chi connectivity index (χ0n) is 17.9. The molecular weight excluding hydrogens is 493 g/mol. The van der Waals surface area contributed by atoms with E-state index in [-0.39, 0.29) is 29.9 Å². The number of carbonyl (C=O) groups excluding carboxylic acids is 1. The van der Waals surface area contributed by atoms with E-state index < -0.39 is 0 Å². The quantitative estimate of drug-likeness (QED) is 0.252. The summed E-state index contributed by atoms with van der Waals surface area (Å²) >= 11 is 0. The van der Waals surface area contributed by atoms with E-state index in [2.05, 4.69) is 32.9 Å². The molecule has 0 aliphatic rings. The number of amides is 1. The van der Waals surface area contributed by atoms with Crippen molar-refractivity contribution in [2.24, 2.45) is 4.99 Å². The molecule has 0 fully saturated rings. The number of nitrogens with zero attached hydrogens (tertiary/aromatic N) is 2. The van der Waals surface area contributed by atoms with Crippen LogP contribution in [0.4, 0.5) is 0 Å². The first-order valence-electron chi connectivity index (χ1n) is 10.1. The Balaban J connectivity index is 0.00000450. The molecule has 3 N–H and O–H groups in total. The zero-order chi connectivity index (χ0) is 20.9. The third-order valence-corrected chi connectivity index (χ3v) is 4.14. The van der Waals surface area contributed by atoms with Crippen LogP contribution in [0.15, 0.2) is 47.6 Å². The van der Waals surface area contributed by atoms with Crippen LogP contribution in [-0.4, -0.2) is 43.6 Å². The second-order valence-electron chi connectivity index (χ2n) is 6.50. The Bertz CT molecular complexity index is 796. The molecule has 0 spiro atoms. The standard InChI is InChI=1S/C22H31N5O2.HI/c1-4-13-29-20-10-9-18(15-26-20)16-27-22(24-5-2)25-12-11-17-7-6-8-19(14-17)21(28)23-3;/h6-10,14-15H,4-5,11-13,16H2,1-3H3,(H,23,28)(H2,24,25,27);1H. The van der Waals surface area contributed by atoms with Crippen molar-refractivity contribution in [3.8, 4) is 5.88 Å². The number of hydrogen-bond acceptors (Lipinski definition) is 4. The van der Waals surface area contributed by atoms with E-state index in [4.69, 9.17) is 4.74 Å². The summed E-state index contributed by atoms with van der Waals surface area (Å²) < 4.78 is 5.50. The fourth-order valence-corrected chi connectivity index (χ4v) is 2.65. The molecule has 1 aromatic heterocycles. The number of aromatic nitrogens is 1. The van der Waals surface area contributed by atoms with E-state index >= 15 is 0 Å². The number of ether oxygens (including phenoxy) is 1. The van der Waals surface area contributed by atoms with Crippen LogP contribution in [0.3, 0.4) is 0 Å². The summed E-state index contributed by atoms with van der Waals surface area (Å²) in [7, 11) is 1.64. The topological polar surface area (TPSA) is 87.6 Å². The van der Waals surface area contributed by atoms with Gasteiger partial charge in [-0.1, -0.05) is 25.1 Å². The zero-order valence-corrected chi connectivity index (χ0v) is 20.2. The average Bonchev–Trinajstić information content (AvgIpc) is 2.76. The highest BCUT2D eigenvalue weighted by Crippen LogP contribution is 2.09. The Morgan fingerprint density at radius 3 is 2.63 bits per heavy atom. The number of rotatable bonds is 10. The van der Waals surface area contributed by atoms with Crippen LogP contribution < -0.4 is 20.7 Å². The van der Waals surface area contributed by atoms with E-state index in [1.807, 2.05) is 43.3 Å². The molecule has 7 nitrogen and oxygen atoms in total. The van der Waals surface area contributed by atoms with Crippen LogP contribution >= 0.6 is 24.0 Å². The third kappa shape index (κ3) is 8.98. The van der Waals surface area contributed by atoms with Gasteiger partial charge >= 0.3 is 0 Å².